The van der Waals surface area contributed by atoms with Crippen LogP contribution in [-0.4, -0.2) is 49.0 Å². The summed E-state index contributed by atoms with van der Waals surface area (Å²) in [7, 11) is -2.08. The van der Waals surface area contributed by atoms with Crippen molar-refractivity contribution >= 4 is 21.9 Å². The molecular weight excluding hydrogens is 432 g/mol. The molecule has 0 saturated heterocycles. The van der Waals surface area contributed by atoms with E-state index >= 15 is 0 Å². The van der Waals surface area contributed by atoms with Crippen LogP contribution in [-0.2, 0) is 10.0 Å². The largest absolute Gasteiger partial charge is 0.496 e. The van der Waals surface area contributed by atoms with Crippen LogP contribution in [0.15, 0.2) is 57.8 Å². The average Bonchev–Trinajstić information content (AvgIpc) is 3.27. The Balaban J connectivity index is 1.74. The maximum absolute atomic E-state index is 12.9. The molecule has 0 unspecified atom stereocenters. The molecule has 0 aliphatic carbocycles. The van der Waals surface area contributed by atoms with E-state index in [-0.39, 0.29) is 22.4 Å². The lowest BCUT2D eigenvalue weighted by molar-refractivity contribution is 0.102. The van der Waals surface area contributed by atoms with E-state index in [1.165, 1.54) is 35.7 Å². The third-order valence-electron chi connectivity index (χ3n) is 4.68. The molecule has 1 aromatic heterocycles. The van der Waals surface area contributed by atoms with Gasteiger partial charge in [0.05, 0.1) is 17.6 Å². The standard InChI is InChI=1S/C22H26N4O5S/c1-4-14-26(15-5-2)32(28,29)17-12-10-16(11-13-17)20(27)23-22-25-24-21(31-22)18-8-6-7-9-19(18)30-3/h6-13H,4-5,14-15H2,1-3H3,(H,23,25,27). The van der Waals surface area contributed by atoms with Crippen LogP contribution in [0.1, 0.15) is 37.0 Å². The molecule has 10 heteroatoms. The van der Waals surface area contributed by atoms with Crippen molar-refractivity contribution in [3.8, 4) is 17.2 Å². The molecule has 0 spiro atoms. The van der Waals surface area contributed by atoms with Crippen LogP contribution in [0.5, 0.6) is 5.75 Å². The Kier molecular flexibility index (Phi) is 7.60. The maximum atomic E-state index is 12.9. The molecule has 1 heterocycles. The average molecular weight is 459 g/mol. The van der Waals surface area contributed by atoms with E-state index in [2.05, 4.69) is 15.5 Å². The highest BCUT2D eigenvalue weighted by atomic mass is 32.2. The van der Waals surface area contributed by atoms with Crippen molar-refractivity contribution in [3.05, 3.63) is 54.1 Å². The first-order valence-corrected chi connectivity index (χ1v) is 11.7. The minimum atomic E-state index is -3.61. The summed E-state index contributed by atoms with van der Waals surface area (Å²) in [6.07, 6.45) is 1.45. The molecule has 0 atom stereocenters. The number of nitrogens with zero attached hydrogens (tertiary/aromatic N) is 3. The summed E-state index contributed by atoms with van der Waals surface area (Å²) in [4.78, 5) is 12.7. The summed E-state index contributed by atoms with van der Waals surface area (Å²) in [5.41, 5.74) is 0.861. The Hall–Kier alpha value is -3.24. The van der Waals surface area contributed by atoms with E-state index < -0.39 is 15.9 Å². The van der Waals surface area contributed by atoms with Crippen molar-refractivity contribution in [2.75, 3.05) is 25.5 Å². The van der Waals surface area contributed by atoms with Gasteiger partial charge in [-0.05, 0) is 49.2 Å². The minimum absolute atomic E-state index is 0.0790. The van der Waals surface area contributed by atoms with Crippen molar-refractivity contribution in [1.82, 2.24) is 14.5 Å². The number of rotatable bonds is 10. The molecule has 3 aromatic rings. The fourth-order valence-electron chi connectivity index (χ4n) is 3.15. The van der Waals surface area contributed by atoms with Gasteiger partial charge in [0.2, 0.25) is 10.0 Å². The van der Waals surface area contributed by atoms with Gasteiger partial charge in [-0.25, -0.2) is 8.42 Å². The normalized spacial score (nSPS) is 11.5. The summed E-state index contributed by atoms with van der Waals surface area (Å²) in [5, 5.41) is 10.3. The smallest absolute Gasteiger partial charge is 0.322 e. The zero-order valence-corrected chi connectivity index (χ0v) is 19.1. The lowest BCUT2D eigenvalue weighted by Crippen LogP contribution is -2.32. The summed E-state index contributed by atoms with van der Waals surface area (Å²) < 4.78 is 38.0. The number of methoxy groups -OCH3 is 1. The van der Waals surface area contributed by atoms with E-state index in [1.807, 2.05) is 19.9 Å². The second-order valence-corrected chi connectivity index (χ2v) is 8.93. The fourth-order valence-corrected chi connectivity index (χ4v) is 4.78. The quantitative estimate of drug-likeness (QED) is 0.491. The van der Waals surface area contributed by atoms with Gasteiger partial charge < -0.3 is 9.15 Å². The number of ether oxygens (including phenoxy) is 1. The predicted molar refractivity (Wildman–Crippen MR) is 120 cm³/mol. The number of carbonyl (C=O) groups is 1. The second-order valence-electron chi connectivity index (χ2n) is 7.00. The molecule has 0 aliphatic heterocycles. The number of hydrogen-bond acceptors (Lipinski definition) is 7. The Labute approximate surface area is 187 Å². The first kappa shape index (κ1) is 23.4. The molecule has 2 aromatic carbocycles. The number of amides is 1. The van der Waals surface area contributed by atoms with E-state index in [0.29, 0.717) is 24.4 Å². The van der Waals surface area contributed by atoms with Gasteiger partial charge in [-0.3, -0.25) is 10.1 Å². The number of para-hydroxylation sites is 1. The molecule has 0 radical (unpaired) electrons. The van der Waals surface area contributed by atoms with E-state index in [1.54, 1.807) is 18.2 Å². The highest BCUT2D eigenvalue weighted by Crippen LogP contribution is 2.29. The minimum Gasteiger partial charge on any atom is -0.496 e. The van der Waals surface area contributed by atoms with Crippen LogP contribution >= 0.6 is 0 Å². The van der Waals surface area contributed by atoms with E-state index in [4.69, 9.17) is 9.15 Å². The topological polar surface area (TPSA) is 115 Å². The van der Waals surface area contributed by atoms with Crippen LogP contribution in [0.3, 0.4) is 0 Å². The number of nitrogens with one attached hydrogen (secondary N) is 1. The van der Waals surface area contributed by atoms with Crippen LogP contribution in [0, 0.1) is 0 Å². The molecule has 3 rings (SSSR count). The molecular formula is C22H26N4O5S. The molecule has 0 aliphatic rings. The van der Waals surface area contributed by atoms with Gasteiger partial charge in [0.25, 0.3) is 11.8 Å². The van der Waals surface area contributed by atoms with Crippen molar-refractivity contribution in [2.24, 2.45) is 0 Å². The summed E-state index contributed by atoms with van der Waals surface area (Å²) in [5.74, 6) is 0.264. The van der Waals surface area contributed by atoms with Crippen LogP contribution in [0.4, 0.5) is 6.01 Å². The highest BCUT2D eigenvalue weighted by Gasteiger charge is 2.23. The number of aromatic nitrogens is 2. The van der Waals surface area contributed by atoms with Gasteiger partial charge in [-0.2, -0.15) is 4.31 Å². The van der Waals surface area contributed by atoms with Crippen LogP contribution in [0.2, 0.25) is 0 Å². The summed E-state index contributed by atoms with van der Waals surface area (Å²) in [6.45, 7) is 4.76. The molecule has 32 heavy (non-hydrogen) atoms. The molecule has 1 amide bonds. The number of anilines is 1. The first-order chi connectivity index (χ1) is 15.4. The van der Waals surface area contributed by atoms with Crippen molar-refractivity contribution < 1.29 is 22.4 Å². The van der Waals surface area contributed by atoms with Crippen LogP contribution in [0.25, 0.3) is 11.5 Å². The molecule has 0 bridgehead atoms. The van der Waals surface area contributed by atoms with Gasteiger partial charge in [0, 0.05) is 18.7 Å². The Morgan fingerprint density at radius 1 is 1.03 bits per heavy atom. The molecule has 170 valence electrons. The van der Waals surface area contributed by atoms with Crippen molar-refractivity contribution in [2.45, 2.75) is 31.6 Å². The molecule has 9 nitrogen and oxygen atoms in total. The summed E-state index contributed by atoms with van der Waals surface area (Å²) in [6, 6.07) is 12.8. The highest BCUT2D eigenvalue weighted by molar-refractivity contribution is 7.89. The SMILES string of the molecule is CCCN(CCC)S(=O)(=O)c1ccc(C(=O)Nc2nnc(-c3ccccc3OC)o2)cc1. The zero-order chi connectivity index (χ0) is 23.1. The van der Waals surface area contributed by atoms with Gasteiger partial charge >= 0.3 is 6.01 Å². The van der Waals surface area contributed by atoms with Gasteiger partial charge in [-0.15, -0.1) is 5.10 Å². The monoisotopic (exact) mass is 458 g/mol. The second kappa shape index (κ2) is 10.4. The van der Waals surface area contributed by atoms with E-state index in [9.17, 15) is 13.2 Å². The van der Waals surface area contributed by atoms with Gasteiger partial charge in [0.1, 0.15) is 5.75 Å². The van der Waals surface area contributed by atoms with E-state index in [0.717, 1.165) is 12.8 Å². The lowest BCUT2D eigenvalue weighted by Gasteiger charge is -2.21. The third kappa shape index (κ3) is 5.14. The molecule has 1 N–H and O–H groups in total. The number of sulfonamides is 1. The number of carbonyl (C=O) groups excluding carboxylic acids is 1. The zero-order valence-electron chi connectivity index (χ0n) is 18.2. The molecule has 0 saturated carbocycles. The van der Waals surface area contributed by atoms with Crippen LogP contribution < -0.4 is 10.1 Å². The Morgan fingerprint density at radius 2 is 1.69 bits per heavy atom. The fraction of sp³-hybridized carbons (Fsp3) is 0.318. The van der Waals surface area contributed by atoms with Crippen molar-refractivity contribution in [1.29, 1.82) is 0 Å². The first-order valence-electron chi connectivity index (χ1n) is 10.3. The Bertz CT molecular complexity index is 1150. The Morgan fingerprint density at radius 3 is 2.31 bits per heavy atom. The summed E-state index contributed by atoms with van der Waals surface area (Å²) >= 11 is 0. The lowest BCUT2D eigenvalue weighted by atomic mass is 10.2. The van der Waals surface area contributed by atoms with Gasteiger partial charge in [-0.1, -0.05) is 31.1 Å². The molecule has 0 fully saturated rings. The maximum Gasteiger partial charge on any atom is 0.322 e. The van der Waals surface area contributed by atoms with Crippen molar-refractivity contribution in [3.63, 3.8) is 0 Å². The third-order valence-corrected chi connectivity index (χ3v) is 6.60. The number of hydrogen-bond donors (Lipinski definition) is 1. The number of benzene rings is 2. The predicted octanol–water partition coefficient (Wildman–Crippen LogP) is 3.81. The van der Waals surface area contributed by atoms with Gasteiger partial charge in [0.15, 0.2) is 0 Å².